The van der Waals surface area contributed by atoms with E-state index in [0.29, 0.717) is 38.0 Å². The molecule has 0 aromatic heterocycles. The second-order valence-electron chi connectivity index (χ2n) is 34.5. The molecule has 19 unspecified atom stereocenters. The number of esters is 4. The Labute approximate surface area is 706 Å². The summed E-state index contributed by atoms with van der Waals surface area (Å²) in [6.07, 6.45) is 25.3. The van der Waals surface area contributed by atoms with Gasteiger partial charge in [0.25, 0.3) is 0 Å². The summed E-state index contributed by atoms with van der Waals surface area (Å²) in [4.78, 5) is 66.5. The van der Waals surface area contributed by atoms with Crippen LogP contribution in [0.15, 0.2) is 0 Å². The zero-order valence-electron chi connectivity index (χ0n) is 73.7. The lowest BCUT2D eigenvalue weighted by Gasteiger charge is -2.50. The molecule has 0 aromatic rings. The van der Waals surface area contributed by atoms with E-state index in [9.17, 15) is 74.6 Å². The standard InChI is InChI=1S/C91H171O25P/c1-6-10-14-18-22-25-28-31-32-33-36-38-41-44-51-57-63-75(94)108-69-73-79(98)81(100)85(104)91(112-73)115-88-86(113-77(96)65-59-53-47-46-49-55-61-70(5)60-54-48-21-17-13-9-4)82(101)83(102)87(114-90-84(103)80(99)78(97)72(66-92)111-90)89(88)116-117(105,106)109-68-71(110-76(95)64-58-52-45-42-39-35-30-27-24-20-16-12-8-3)67-107-74(93)62-56-50-43-40-37-34-29-26-23-19-15-11-7-2/h70-73,78-92,97-104H,6-69H2,1-5H3,(H,105,106). The van der Waals surface area contributed by atoms with E-state index in [2.05, 4.69) is 34.6 Å². The van der Waals surface area contributed by atoms with Crippen molar-refractivity contribution >= 4 is 31.7 Å². The molecular weight excluding hydrogens is 1520 g/mol. The van der Waals surface area contributed by atoms with E-state index in [1.54, 1.807) is 0 Å². The lowest BCUT2D eigenvalue weighted by Crippen LogP contribution is -2.70. The summed E-state index contributed by atoms with van der Waals surface area (Å²) in [5.74, 6) is -2.32. The molecule has 19 atom stereocenters. The number of hydrogen-bond acceptors (Lipinski definition) is 24. The van der Waals surface area contributed by atoms with Gasteiger partial charge in [0.2, 0.25) is 0 Å². The lowest BCUT2D eigenvalue weighted by molar-refractivity contribution is -0.360. The van der Waals surface area contributed by atoms with Crippen LogP contribution in [0.3, 0.4) is 0 Å². The Hall–Kier alpha value is -2.53. The van der Waals surface area contributed by atoms with Gasteiger partial charge in [-0.1, -0.05) is 369 Å². The monoisotopic (exact) mass is 1700 g/mol. The molecule has 3 aliphatic rings. The number of unbranched alkanes of at least 4 members (excludes halogenated alkanes) is 49. The average molecular weight is 1700 g/mol. The number of rotatable bonds is 77. The number of hydrogen-bond donors (Lipinski definition) is 10. The van der Waals surface area contributed by atoms with Crippen LogP contribution >= 0.6 is 7.82 Å². The highest BCUT2D eigenvalue weighted by molar-refractivity contribution is 7.47. The first kappa shape index (κ1) is 109. The third-order valence-electron chi connectivity index (χ3n) is 23.8. The van der Waals surface area contributed by atoms with Crippen molar-refractivity contribution in [1.82, 2.24) is 0 Å². The number of phosphoric ester groups is 1. The van der Waals surface area contributed by atoms with Crippen LogP contribution < -0.4 is 0 Å². The van der Waals surface area contributed by atoms with Gasteiger partial charge < -0.3 is 88.7 Å². The quantitative estimate of drug-likeness (QED) is 0.0117. The summed E-state index contributed by atoms with van der Waals surface area (Å²) < 4.78 is 73.5. The molecule has 3 fully saturated rings. The van der Waals surface area contributed by atoms with Gasteiger partial charge in [-0.2, -0.15) is 0 Å². The maximum atomic E-state index is 14.9. The minimum absolute atomic E-state index is 0.0198. The van der Waals surface area contributed by atoms with Crippen LogP contribution in [-0.4, -0.2) is 205 Å². The predicted octanol–water partition coefficient (Wildman–Crippen LogP) is 17.6. The molecule has 0 amide bonds. The van der Waals surface area contributed by atoms with Crippen molar-refractivity contribution < 1.29 is 122 Å². The molecule has 0 aromatic carbocycles. The van der Waals surface area contributed by atoms with Gasteiger partial charge in [0.15, 0.2) is 24.8 Å². The summed E-state index contributed by atoms with van der Waals surface area (Å²) in [5.41, 5.74) is 0. The number of aliphatic hydroxyl groups is 9. The molecule has 25 nitrogen and oxygen atoms in total. The molecule has 690 valence electrons. The van der Waals surface area contributed by atoms with Crippen molar-refractivity contribution in [2.45, 2.75) is 524 Å². The third kappa shape index (κ3) is 50.3. The zero-order chi connectivity index (χ0) is 85.5. The van der Waals surface area contributed by atoms with Crippen molar-refractivity contribution in [2.24, 2.45) is 5.92 Å². The minimum Gasteiger partial charge on any atom is -0.463 e. The molecular formula is C91H171O25P. The molecule has 0 spiro atoms. The van der Waals surface area contributed by atoms with Gasteiger partial charge in [-0.15, -0.1) is 0 Å². The SMILES string of the molecule is CCCCCCCCCCCCCCCCCCC(=O)OCC1OC(OC2C(OC(=O)CCCCCCCCC(C)CCCCCCCC)C(O)C(O)C(OC3OC(CO)C(O)C(O)C3O)C2OP(=O)(O)OCC(COC(=O)CCCCCCCCCCCCCCC)OC(=O)CCCCCCCCCCCCCCC)C(O)C(O)C1O. The number of ether oxygens (including phenoxy) is 8. The summed E-state index contributed by atoms with van der Waals surface area (Å²) in [6, 6.07) is 0. The molecule has 0 radical (unpaired) electrons. The average Bonchev–Trinajstić information content (AvgIpc) is 0.754. The molecule has 117 heavy (non-hydrogen) atoms. The van der Waals surface area contributed by atoms with Crippen molar-refractivity contribution in [3.63, 3.8) is 0 Å². The van der Waals surface area contributed by atoms with Gasteiger partial charge in [-0.25, -0.2) is 4.57 Å². The van der Waals surface area contributed by atoms with Gasteiger partial charge >= 0.3 is 31.7 Å². The van der Waals surface area contributed by atoms with E-state index >= 15 is 0 Å². The topological polar surface area (TPSA) is 380 Å². The van der Waals surface area contributed by atoms with E-state index in [4.69, 9.17) is 46.9 Å². The van der Waals surface area contributed by atoms with Gasteiger partial charge in [0.05, 0.1) is 13.2 Å². The Kier molecular flexibility index (Phi) is 64.8. The lowest BCUT2D eigenvalue weighted by atomic mass is 9.84. The fourth-order valence-electron chi connectivity index (χ4n) is 16.1. The highest BCUT2D eigenvalue weighted by Gasteiger charge is 2.60. The minimum atomic E-state index is -5.80. The normalized spacial score (nSPS) is 25.3. The highest BCUT2D eigenvalue weighted by Crippen LogP contribution is 2.49. The van der Waals surface area contributed by atoms with Gasteiger partial charge in [0, 0.05) is 25.7 Å². The molecule has 0 bridgehead atoms. The van der Waals surface area contributed by atoms with E-state index in [-0.39, 0.29) is 25.7 Å². The van der Waals surface area contributed by atoms with Crippen molar-refractivity contribution in [1.29, 1.82) is 0 Å². The van der Waals surface area contributed by atoms with Crippen LogP contribution in [-0.2, 0) is 70.7 Å². The second kappa shape index (κ2) is 69.7. The maximum absolute atomic E-state index is 14.9. The highest BCUT2D eigenvalue weighted by atomic mass is 31.2. The largest absolute Gasteiger partial charge is 0.472 e. The summed E-state index contributed by atoms with van der Waals surface area (Å²) in [5, 5.41) is 102. The van der Waals surface area contributed by atoms with Crippen molar-refractivity contribution in [3.8, 4) is 0 Å². The zero-order valence-corrected chi connectivity index (χ0v) is 74.6. The summed E-state index contributed by atoms with van der Waals surface area (Å²) in [6.45, 7) is 7.93. The number of phosphoric acid groups is 1. The molecule has 26 heteroatoms. The van der Waals surface area contributed by atoms with E-state index in [1.165, 1.54) is 199 Å². The second-order valence-corrected chi connectivity index (χ2v) is 35.9. The van der Waals surface area contributed by atoms with Crippen LogP contribution in [0, 0.1) is 5.92 Å². The van der Waals surface area contributed by atoms with Crippen LogP contribution in [0.25, 0.3) is 0 Å². The van der Waals surface area contributed by atoms with Crippen LogP contribution in [0.5, 0.6) is 0 Å². The first-order chi connectivity index (χ1) is 56.6. The summed E-state index contributed by atoms with van der Waals surface area (Å²) >= 11 is 0. The van der Waals surface area contributed by atoms with Crippen LogP contribution in [0.2, 0.25) is 0 Å². The molecule has 2 heterocycles. The first-order valence-corrected chi connectivity index (χ1v) is 49.2. The Morgan fingerprint density at radius 1 is 0.333 bits per heavy atom. The van der Waals surface area contributed by atoms with Gasteiger partial charge in [-0.3, -0.25) is 28.2 Å². The smallest absolute Gasteiger partial charge is 0.463 e. The fraction of sp³-hybridized carbons (Fsp3) is 0.956. The molecule has 3 rings (SSSR count). The van der Waals surface area contributed by atoms with E-state index in [0.717, 1.165) is 128 Å². The van der Waals surface area contributed by atoms with Gasteiger partial charge in [-0.05, 0) is 31.6 Å². The Bertz CT molecular complexity index is 2450. The van der Waals surface area contributed by atoms with E-state index < -0.39 is 162 Å². The molecule has 1 saturated carbocycles. The molecule has 10 N–H and O–H groups in total. The fourth-order valence-corrected chi connectivity index (χ4v) is 17.1. The van der Waals surface area contributed by atoms with Gasteiger partial charge in [0.1, 0.15) is 92.6 Å². The maximum Gasteiger partial charge on any atom is 0.472 e. The Balaban J connectivity index is 1.92. The predicted molar refractivity (Wildman–Crippen MR) is 453 cm³/mol. The molecule has 2 aliphatic heterocycles. The first-order valence-electron chi connectivity index (χ1n) is 47.7. The van der Waals surface area contributed by atoms with Crippen LogP contribution in [0.4, 0.5) is 0 Å². The summed E-state index contributed by atoms with van der Waals surface area (Å²) in [7, 11) is -5.80. The van der Waals surface area contributed by atoms with Crippen molar-refractivity contribution in [3.05, 3.63) is 0 Å². The Morgan fingerprint density at radius 2 is 0.641 bits per heavy atom. The number of carbonyl (C=O) groups is 4. The molecule has 1 aliphatic carbocycles. The number of aliphatic hydroxyl groups excluding tert-OH is 9. The van der Waals surface area contributed by atoms with E-state index in [1.807, 2.05) is 0 Å². The third-order valence-corrected chi connectivity index (χ3v) is 24.7. The molecule has 2 saturated heterocycles. The van der Waals surface area contributed by atoms with Crippen molar-refractivity contribution in [2.75, 3.05) is 26.4 Å². The number of carbonyl (C=O) groups excluding carboxylic acids is 4. The Morgan fingerprint density at radius 3 is 1.02 bits per heavy atom. The van der Waals surface area contributed by atoms with Crippen LogP contribution in [0.1, 0.15) is 420 Å².